The Labute approximate surface area is 162 Å². The second-order valence-electron chi connectivity index (χ2n) is 6.02. The minimum atomic E-state index is -0.990. The first kappa shape index (κ1) is 18.3. The van der Waals surface area contributed by atoms with E-state index in [0.29, 0.717) is 21.3 Å². The second-order valence-corrected chi connectivity index (χ2v) is 6.83. The Hall–Kier alpha value is -2.49. The van der Waals surface area contributed by atoms with Gasteiger partial charge < -0.3 is 10.8 Å². The van der Waals surface area contributed by atoms with Crippen molar-refractivity contribution in [1.82, 2.24) is 0 Å². The van der Waals surface area contributed by atoms with Gasteiger partial charge in [-0.1, -0.05) is 59.6 Å². The number of anilines is 1. The average Bonchev–Trinajstić information content (AvgIpc) is 2.63. The normalized spacial score (nSPS) is 10.7. The van der Waals surface area contributed by atoms with Crippen LogP contribution in [0.5, 0.6) is 0 Å². The second kappa shape index (κ2) is 7.81. The molecule has 0 saturated heterocycles. The van der Waals surface area contributed by atoms with Crippen LogP contribution in [-0.2, 0) is 12.8 Å². The SMILES string of the molecule is Nc1cccc(C(=O)O)c1-c1ccc(CCc2ccc(Cl)c(Cl)c2)cc1. The Morgan fingerprint density at radius 3 is 2.19 bits per heavy atom. The van der Waals surface area contributed by atoms with E-state index in [1.54, 1.807) is 24.3 Å². The van der Waals surface area contributed by atoms with E-state index < -0.39 is 5.97 Å². The lowest BCUT2D eigenvalue weighted by atomic mass is 9.96. The van der Waals surface area contributed by atoms with Gasteiger partial charge in [-0.05, 0) is 53.8 Å². The fourth-order valence-corrected chi connectivity index (χ4v) is 3.21. The van der Waals surface area contributed by atoms with Crippen molar-refractivity contribution in [2.75, 3.05) is 5.73 Å². The van der Waals surface area contributed by atoms with Crippen LogP contribution in [0, 0.1) is 0 Å². The largest absolute Gasteiger partial charge is 0.478 e. The Morgan fingerprint density at radius 1 is 0.885 bits per heavy atom. The number of carboxylic acid groups (broad SMARTS) is 1. The predicted octanol–water partition coefficient (Wildman–Crippen LogP) is 5.73. The van der Waals surface area contributed by atoms with Crippen molar-refractivity contribution >= 4 is 34.9 Å². The fourth-order valence-electron chi connectivity index (χ4n) is 2.89. The number of nitrogen functional groups attached to an aromatic ring is 1. The van der Waals surface area contributed by atoms with E-state index in [0.717, 1.165) is 29.5 Å². The molecule has 3 aromatic rings. The quantitative estimate of drug-likeness (QED) is 0.551. The van der Waals surface area contributed by atoms with E-state index in [-0.39, 0.29) is 5.56 Å². The van der Waals surface area contributed by atoms with Crippen molar-refractivity contribution in [3.8, 4) is 11.1 Å². The lowest BCUT2D eigenvalue weighted by Crippen LogP contribution is -2.02. The summed E-state index contributed by atoms with van der Waals surface area (Å²) in [5.74, 6) is -0.990. The molecule has 0 heterocycles. The maximum absolute atomic E-state index is 11.4. The molecular weight excluding hydrogens is 369 g/mol. The summed E-state index contributed by atoms with van der Waals surface area (Å²) in [6, 6.07) is 18.4. The number of benzene rings is 3. The maximum atomic E-state index is 11.4. The Morgan fingerprint density at radius 2 is 1.54 bits per heavy atom. The van der Waals surface area contributed by atoms with Gasteiger partial charge in [0.05, 0.1) is 15.6 Å². The van der Waals surface area contributed by atoms with E-state index in [9.17, 15) is 9.90 Å². The highest BCUT2D eigenvalue weighted by molar-refractivity contribution is 6.42. The smallest absolute Gasteiger partial charge is 0.336 e. The number of hydrogen-bond acceptors (Lipinski definition) is 2. The topological polar surface area (TPSA) is 63.3 Å². The molecule has 0 radical (unpaired) electrons. The molecule has 3 nitrogen and oxygen atoms in total. The van der Waals surface area contributed by atoms with Crippen molar-refractivity contribution in [2.45, 2.75) is 12.8 Å². The van der Waals surface area contributed by atoms with Gasteiger partial charge in [-0.2, -0.15) is 0 Å². The summed E-state index contributed by atoms with van der Waals surface area (Å²) in [7, 11) is 0. The van der Waals surface area contributed by atoms with Crippen molar-refractivity contribution in [2.24, 2.45) is 0 Å². The van der Waals surface area contributed by atoms with Gasteiger partial charge in [0.25, 0.3) is 0 Å². The van der Waals surface area contributed by atoms with Crippen LogP contribution >= 0.6 is 23.2 Å². The first-order valence-corrected chi connectivity index (χ1v) is 8.86. The highest BCUT2D eigenvalue weighted by Crippen LogP contribution is 2.30. The zero-order valence-electron chi connectivity index (χ0n) is 13.9. The lowest BCUT2D eigenvalue weighted by Gasteiger charge is -2.11. The van der Waals surface area contributed by atoms with E-state index in [1.807, 2.05) is 36.4 Å². The van der Waals surface area contributed by atoms with Crippen molar-refractivity contribution in [1.29, 1.82) is 0 Å². The molecular formula is C21H17Cl2NO2. The summed E-state index contributed by atoms with van der Waals surface area (Å²) < 4.78 is 0. The zero-order chi connectivity index (χ0) is 18.7. The number of rotatable bonds is 5. The molecule has 0 atom stereocenters. The first-order chi connectivity index (χ1) is 12.5. The van der Waals surface area contributed by atoms with Crippen LogP contribution in [0.4, 0.5) is 5.69 Å². The van der Waals surface area contributed by atoms with Gasteiger partial charge >= 0.3 is 5.97 Å². The number of carboxylic acids is 1. The molecule has 0 fully saturated rings. The summed E-state index contributed by atoms with van der Waals surface area (Å²) in [5.41, 5.74) is 10.3. The highest BCUT2D eigenvalue weighted by Gasteiger charge is 2.14. The van der Waals surface area contributed by atoms with Crippen LogP contribution in [-0.4, -0.2) is 11.1 Å². The summed E-state index contributed by atoms with van der Waals surface area (Å²) >= 11 is 12.0. The fraction of sp³-hybridized carbons (Fsp3) is 0.0952. The third kappa shape index (κ3) is 4.01. The number of hydrogen-bond donors (Lipinski definition) is 2. The van der Waals surface area contributed by atoms with Crippen LogP contribution in [0.25, 0.3) is 11.1 Å². The van der Waals surface area contributed by atoms with E-state index >= 15 is 0 Å². The molecule has 0 aromatic heterocycles. The van der Waals surface area contributed by atoms with Crippen LogP contribution in [0.3, 0.4) is 0 Å². The molecule has 0 aliphatic heterocycles. The van der Waals surface area contributed by atoms with Gasteiger partial charge in [0, 0.05) is 11.3 Å². The molecule has 3 rings (SSSR count). The maximum Gasteiger partial charge on any atom is 0.336 e. The van der Waals surface area contributed by atoms with Gasteiger partial charge in [0.15, 0.2) is 0 Å². The average molecular weight is 386 g/mol. The van der Waals surface area contributed by atoms with Crippen LogP contribution in [0.15, 0.2) is 60.7 Å². The third-order valence-corrected chi connectivity index (χ3v) is 5.00. The lowest BCUT2D eigenvalue weighted by molar-refractivity contribution is 0.0698. The highest BCUT2D eigenvalue weighted by atomic mass is 35.5. The standard InChI is InChI=1S/C21H17Cl2NO2/c22-17-11-8-14(12-18(17)23)5-4-13-6-9-15(10-7-13)20-16(21(25)26)2-1-3-19(20)24/h1-3,6-12H,4-5,24H2,(H,25,26). The minimum Gasteiger partial charge on any atom is -0.478 e. The molecule has 0 aliphatic carbocycles. The number of halogens is 2. The predicted molar refractivity (Wildman–Crippen MR) is 107 cm³/mol. The monoisotopic (exact) mass is 385 g/mol. The summed E-state index contributed by atoms with van der Waals surface area (Å²) in [4.78, 5) is 11.4. The van der Waals surface area contributed by atoms with Gasteiger partial charge in [-0.25, -0.2) is 4.79 Å². The molecule has 3 N–H and O–H groups in total. The molecule has 5 heteroatoms. The minimum absolute atomic E-state index is 0.202. The van der Waals surface area contributed by atoms with Crippen LogP contribution in [0.1, 0.15) is 21.5 Å². The molecule has 3 aromatic carbocycles. The van der Waals surface area contributed by atoms with Gasteiger partial charge in [0.2, 0.25) is 0 Å². The number of aryl methyl sites for hydroxylation is 2. The number of carbonyl (C=O) groups is 1. The third-order valence-electron chi connectivity index (χ3n) is 4.26. The molecule has 26 heavy (non-hydrogen) atoms. The molecule has 0 aliphatic rings. The summed E-state index contributed by atoms with van der Waals surface area (Å²) in [6.07, 6.45) is 1.68. The Bertz CT molecular complexity index is 953. The molecule has 0 saturated carbocycles. The Kier molecular flexibility index (Phi) is 5.50. The first-order valence-electron chi connectivity index (χ1n) is 8.10. The van der Waals surface area contributed by atoms with Crippen molar-refractivity contribution in [3.63, 3.8) is 0 Å². The van der Waals surface area contributed by atoms with Crippen molar-refractivity contribution < 1.29 is 9.90 Å². The molecule has 0 spiro atoms. The molecule has 132 valence electrons. The van der Waals surface area contributed by atoms with E-state index in [1.165, 1.54) is 0 Å². The number of nitrogens with two attached hydrogens (primary N) is 1. The van der Waals surface area contributed by atoms with E-state index in [2.05, 4.69) is 0 Å². The summed E-state index contributed by atoms with van der Waals surface area (Å²) in [5, 5.41) is 10.5. The van der Waals surface area contributed by atoms with Crippen molar-refractivity contribution in [3.05, 3.63) is 87.4 Å². The van der Waals surface area contributed by atoms with Gasteiger partial charge in [-0.15, -0.1) is 0 Å². The molecule has 0 amide bonds. The number of aromatic carboxylic acids is 1. The van der Waals surface area contributed by atoms with Crippen LogP contribution in [0.2, 0.25) is 10.0 Å². The van der Waals surface area contributed by atoms with Gasteiger partial charge in [-0.3, -0.25) is 0 Å². The molecule has 0 unspecified atom stereocenters. The zero-order valence-corrected chi connectivity index (χ0v) is 15.4. The van der Waals surface area contributed by atoms with E-state index in [4.69, 9.17) is 28.9 Å². The molecule has 0 bridgehead atoms. The summed E-state index contributed by atoms with van der Waals surface area (Å²) in [6.45, 7) is 0. The Balaban J connectivity index is 1.79. The van der Waals surface area contributed by atoms with Crippen LogP contribution < -0.4 is 5.73 Å². The van der Waals surface area contributed by atoms with Gasteiger partial charge in [0.1, 0.15) is 0 Å².